The first-order chi connectivity index (χ1) is 17.5. The van der Waals surface area contributed by atoms with Crippen LogP contribution >= 0.6 is 15.9 Å². The van der Waals surface area contributed by atoms with Gasteiger partial charge in [-0.15, -0.1) is 0 Å². The molecule has 0 fully saturated rings. The molecule has 0 unspecified atom stereocenters. The van der Waals surface area contributed by atoms with Crippen molar-refractivity contribution >= 4 is 43.7 Å². The first-order valence-electron chi connectivity index (χ1n) is 11.4. The molecule has 2 heterocycles. The van der Waals surface area contributed by atoms with E-state index in [9.17, 15) is 9.59 Å². The highest BCUT2D eigenvalue weighted by Crippen LogP contribution is 2.26. The van der Waals surface area contributed by atoms with E-state index in [-0.39, 0.29) is 11.2 Å². The summed E-state index contributed by atoms with van der Waals surface area (Å²) >= 11 is 3.44. The van der Waals surface area contributed by atoms with Crippen molar-refractivity contribution in [1.29, 1.82) is 0 Å². The van der Waals surface area contributed by atoms with E-state index in [0.717, 1.165) is 32.3 Å². The Labute approximate surface area is 215 Å². The molecule has 0 atom stereocenters. The maximum Gasteiger partial charge on any atom is 0.287 e. The zero-order valence-electron chi connectivity index (χ0n) is 19.5. The van der Waals surface area contributed by atoms with Crippen LogP contribution in [0.1, 0.15) is 21.7 Å². The number of hydrogen-bond acceptors (Lipinski definition) is 5. The van der Waals surface area contributed by atoms with E-state index in [1.165, 1.54) is 6.07 Å². The van der Waals surface area contributed by atoms with Crippen molar-refractivity contribution in [2.24, 2.45) is 0 Å². The lowest BCUT2D eigenvalue weighted by molar-refractivity contribution is 0.0927. The highest BCUT2D eigenvalue weighted by atomic mass is 79.9. The molecule has 1 amide bonds. The molecule has 0 bridgehead atoms. The Morgan fingerprint density at radius 2 is 1.94 bits per heavy atom. The summed E-state index contributed by atoms with van der Waals surface area (Å²) in [6, 6.07) is 19.8. The van der Waals surface area contributed by atoms with Gasteiger partial charge in [0.1, 0.15) is 29.1 Å². The van der Waals surface area contributed by atoms with Crippen molar-refractivity contribution in [3.63, 3.8) is 0 Å². The largest absolute Gasteiger partial charge is 0.497 e. The fourth-order valence-electron chi connectivity index (χ4n) is 4.09. The molecule has 0 aliphatic carbocycles. The molecule has 2 N–H and O–H groups in total. The van der Waals surface area contributed by atoms with Crippen LogP contribution in [0, 0.1) is 0 Å². The van der Waals surface area contributed by atoms with Crippen LogP contribution in [0.15, 0.2) is 86.6 Å². The first kappa shape index (κ1) is 23.7. The van der Waals surface area contributed by atoms with E-state index in [1.807, 2.05) is 48.7 Å². The van der Waals surface area contributed by atoms with Crippen LogP contribution < -0.4 is 20.2 Å². The Morgan fingerprint density at radius 3 is 2.78 bits per heavy atom. The molecule has 5 aromatic rings. The van der Waals surface area contributed by atoms with Crippen LogP contribution in [0.25, 0.3) is 21.9 Å². The third kappa shape index (κ3) is 4.99. The SMILES string of the molecule is COc1ccc2[nH]cc(CCNC(=O)c3cc(=O)c4c(OCc5cccc(Br)c5)cccc4o3)c2c1. The van der Waals surface area contributed by atoms with E-state index in [0.29, 0.717) is 36.3 Å². The molecule has 7 nitrogen and oxygen atoms in total. The highest BCUT2D eigenvalue weighted by molar-refractivity contribution is 9.10. The van der Waals surface area contributed by atoms with Crippen LogP contribution in [-0.2, 0) is 13.0 Å². The number of methoxy groups -OCH3 is 1. The highest BCUT2D eigenvalue weighted by Gasteiger charge is 2.15. The van der Waals surface area contributed by atoms with Gasteiger partial charge in [0.05, 0.1) is 7.11 Å². The second kappa shape index (κ2) is 10.3. The van der Waals surface area contributed by atoms with Crippen LogP contribution in [0.3, 0.4) is 0 Å². The lowest BCUT2D eigenvalue weighted by Crippen LogP contribution is -2.26. The van der Waals surface area contributed by atoms with Crippen LogP contribution in [0.5, 0.6) is 11.5 Å². The first-order valence-corrected chi connectivity index (χ1v) is 12.2. The molecular weight excluding hydrogens is 524 g/mol. The van der Waals surface area contributed by atoms with Crippen LogP contribution in [0.2, 0.25) is 0 Å². The summed E-state index contributed by atoms with van der Waals surface area (Å²) in [5.41, 5.74) is 2.96. The third-order valence-electron chi connectivity index (χ3n) is 5.88. The minimum absolute atomic E-state index is 0.0442. The Balaban J connectivity index is 1.29. The number of rotatable bonds is 8. The molecule has 5 rings (SSSR count). The molecule has 3 aromatic carbocycles. The molecule has 2 aromatic heterocycles. The number of benzene rings is 3. The number of aromatic nitrogens is 1. The fourth-order valence-corrected chi connectivity index (χ4v) is 4.53. The molecule has 8 heteroatoms. The minimum atomic E-state index is -0.452. The summed E-state index contributed by atoms with van der Waals surface area (Å²) in [4.78, 5) is 28.9. The van der Waals surface area contributed by atoms with E-state index in [1.54, 1.807) is 25.3 Å². The Bertz CT molecular complexity index is 1620. The molecular formula is C28H23BrN2O5. The number of halogens is 1. The van der Waals surface area contributed by atoms with Crippen molar-refractivity contribution < 1.29 is 18.7 Å². The van der Waals surface area contributed by atoms with Gasteiger partial charge in [0.2, 0.25) is 0 Å². The topological polar surface area (TPSA) is 93.6 Å². The van der Waals surface area contributed by atoms with Gasteiger partial charge >= 0.3 is 0 Å². The van der Waals surface area contributed by atoms with E-state index in [2.05, 4.69) is 26.2 Å². The smallest absolute Gasteiger partial charge is 0.287 e. The molecule has 0 spiro atoms. The van der Waals surface area contributed by atoms with Gasteiger partial charge in [-0.3, -0.25) is 9.59 Å². The monoisotopic (exact) mass is 546 g/mol. The Hall–Kier alpha value is -4.04. The number of fused-ring (bicyclic) bond motifs is 2. The number of nitrogens with one attached hydrogen (secondary N) is 2. The van der Waals surface area contributed by atoms with Gasteiger partial charge in [0, 0.05) is 34.2 Å². The normalized spacial score (nSPS) is 11.1. The average Bonchev–Trinajstić information content (AvgIpc) is 3.29. The molecule has 0 radical (unpaired) electrons. The van der Waals surface area contributed by atoms with Gasteiger partial charge in [-0.25, -0.2) is 0 Å². The van der Waals surface area contributed by atoms with E-state index in [4.69, 9.17) is 13.9 Å². The number of amides is 1. The lowest BCUT2D eigenvalue weighted by atomic mass is 10.1. The number of carbonyl (C=O) groups excluding carboxylic acids is 1. The van der Waals surface area contributed by atoms with Crippen molar-refractivity contribution in [2.75, 3.05) is 13.7 Å². The Kier molecular flexibility index (Phi) is 6.77. The predicted molar refractivity (Wildman–Crippen MR) is 142 cm³/mol. The number of H-pyrrole nitrogens is 1. The van der Waals surface area contributed by atoms with E-state index >= 15 is 0 Å². The zero-order valence-corrected chi connectivity index (χ0v) is 21.1. The molecule has 0 aliphatic rings. The Morgan fingerprint density at radius 1 is 1.08 bits per heavy atom. The van der Waals surface area contributed by atoms with Crippen molar-refractivity contribution in [2.45, 2.75) is 13.0 Å². The second-order valence-corrected chi connectivity index (χ2v) is 9.17. The zero-order chi connectivity index (χ0) is 25.1. The third-order valence-corrected chi connectivity index (χ3v) is 6.37. The average molecular weight is 547 g/mol. The van der Waals surface area contributed by atoms with Gasteiger partial charge < -0.3 is 24.2 Å². The maximum atomic E-state index is 12.9. The summed E-state index contributed by atoms with van der Waals surface area (Å²) in [6.07, 6.45) is 2.52. The summed E-state index contributed by atoms with van der Waals surface area (Å²) in [7, 11) is 1.63. The van der Waals surface area contributed by atoms with Gasteiger partial charge in [-0.1, -0.05) is 34.1 Å². The molecule has 36 heavy (non-hydrogen) atoms. The van der Waals surface area contributed by atoms with Gasteiger partial charge in [0.15, 0.2) is 11.2 Å². The van der Waals surface area contributed by atoms with Crippen molar-refractivity contribution in [3.05, 3.63) is 105 Å². The molecule has 0 saturated heterocycles. The van der Waals surface area contributed by atoms with Crippen molar-refractivity contribution in [1.82, 2.24) is 10.3 Å². The number of ether oxygens (including phenoxy) is 2. The van der Waals surface area contributed by atoms with Gasteiger partial charge in [0.25, 0.3) is 5.91 Å². The predicted octanol–water partition coefficient (Wildman–Crippen LogP) is 5.60. The van der Waals surface area contributed by atoms with Crippen molar-refractivity contribution in [3.8, 4) is 11.5 Å². The minimum Gasteiger partial charge on any atom is -0.497 e. The number of hydrogen-bond donors (Lipinski definition) is 2. The molecule has 182 valence electrons. The summed E-state index contributed by atoms with van der Waals surface area (Å²) < 4.78 is 17.9. The van der Waals surface area contributed by atoms with Gasteiger partial charge in [-0.2, -0.15) is 0 Å². The number of aromatic amines is 1. The fraction of sp³-hybridized carbons (Fsp3) is 0.143. The maximum absolute atomic E-state index is 12.9. The lowest BCUT2D eigenvalue weighted by Gasteiger charge is -2.10. The molecule has 0 aliphatic heterocycles. The van der Waals surface area contributed by atoms with E-state index < -0.39 is 5.91 Å². The van der Waals surface area contributed by atoms with Gasteiger partial charge in [-0.05, 0) is 60.0 Å². The van der Waals surface area contributed by atoms with Crippen LogP contribution in [0.4, 0.5) is 0 Å². The molecule has 0 saturated carbocycles. The quantitative estimate of drug-likeness (QED) is 0.264. The number of carbonyl (C=O) groups is 1. The standard InChI is InChI=1S/C28H23BrN2O5/c1-34-20-8-9-22-21(13-20)18(15-31-22)10-11-30-28(33)26-14-23(32)27-24(6-3-7-25(27)36-26)35-16-17-4-2-5-19(29)12-17/h2-9,12-15,31H,10-11,16H2,1H3,(H,30,33). The second-order valence-electron chi connectivity index (χ2n) is 8.25. The summed E-state index contributed by atoms with van der Waals surface area (Å²) in [6.45, 7) is 0.667. The summed E-state index contributed by atoms with van der Waals surface area (Å²) in [5, 5.41) is 4.18. The summed E-state index contributed by atoms with van der Waals surface area (Å²) in [5.74, 6) is 0.678. The van der Waals surface area contributed by atoms with Crippen LogP contribution in [-0.4, -0.2) is 24.5 Å².